The number of halogens is 1. The van der Waals surface area contributed by atoms with Crippen LogP contribution in [0.3, 0.4) is 0 Å². The van der Waals surface area contributed by atoms with Gasteiger partial charge in [0, 0.05) is 13.1 Å². The molecule has 18 heavy (non-hydrogen) atoms. The summed E-state index contributed by atoms with van der Waals surface area (Å²) in [5.74, 6) is -1.56. The van der Waals surface area contributed by atoms with Crippen molar-refractivity contribution in [3.63, 3.8) is 0 Å². The summed E-state index contributed by atoms with van der Waals surface area (Å²) >= 11 is 0. The van der Waals surface area contributed by atoms with Gasteiger partial charge in [0.25, 0.3) is 0 Å². The van der Waals surface area contributed by atoms with Crippen LogP contribution in [0.2, 0.25) is 0 Å². The number of nitrogens with zero attached hydrogens (tertiary/aromatic N) is 1. The molecule has 0 spiro atoms. The van der Waals surface area contributed by atoms with Crippen LogP contribution in [0.25, 0.3) is 0 Å². The highest BCUT2D eigenvalue weighted by molar-refractivity contribution is 5.94. The van der Waals surface area contributed by atoms with Crippen molar-refractivity contribution in [3.05, 3.63) is 29.6 Å². The Morgan fingerprint density at radius 2 is 2.22 bits per heavy atom. The molecule has 2 rings (SSSR count). The molecular formula is C13H16FNO3. The predicted octanol–water partition coefficient (Wildman–Crippen LogP) is 1.73. The third-order valence-corrected chi connectivity index (χ3v) is 3.45. The second-order valence-corrected chi connectivity index (χ2v) is 4.72. The Labute approximate surface area is 105 Å². The lowest BCUT2D eigenvalue weighted by Gasteiger charge is -2.36. The number of anilines is 1. The van der Waals surface area contributed by atoms with Gasteiger partial charge in [0.15, 0.2) is 0 Å². The van der Waals surface area contributed by atoms with Gasteiger partial charge in [-0.1, -0.05) is 13.0 Å². The van der Waals surface area contributed by atoms with Crippen molar-refractivity contribution in [2.75, 3.05) is 18.0 Å². The number of aliphatic hydroxyl groups is 1. The summed E-state index contributed by atoms with van der Waals surface area (Å²) in [6.45, 7) is 2.75. The maximum atomic E-state index is 13.8. The maximum Gasteiger partial charge on any atom is 0.337 e. The lowest BCUT2D eigenvalue weighted by Crippen LogP contribution is -2.43. The minimum absolute atomic E-state index is 0.0586. The molecule has 0 radical (unpaired) electrons. The van der Waals surface area contributed by atoms with E-state index in [4.69, 9.17) is 5.11 Å². The standard InChI is InChI=1S/C13H16FNO3/c1-8-5-6-15(7-11(8)16)12-9(13(17)18)3-2-4-10(12)14/h2-4,8,11,16H,5-7H2,1H3,(H,17,18). The molecule has 0 bridgehead atoms. The van der Waals surface area contributed by atoms with Crippen molar-refractivity contribution < 1.29 is 19.4 Å². The Morgan fingerprint density at radius 3 is 2.83 bits per heavy atom. The quantitative estimate of drug-likeness (QED) is 0.842. The summed E-state index contributed by atoms with van der Waals surface area (Å²) < 4.78 is 13.8. The largest absolute Gasteiger partial charge is 0.478 e. The second-order valence-electron chi connectivity index (χ2n) is 4.72. The average molecular weight is 253 g/mol. The molecule has 1 aliphatic heterocycles. The van der Waals surface area contributed by atoms with E-state index in [-0.39, 0.29) is 23.7 Å². The Balaban J connectivity index is 2.36. The van der Waals surface area contributed by atoms with Gasteiger partial charge < -0.3 is 15.1 Å². The van der Waals surface area contributed by atoms with Crippen LogP contribution in [0.5, 0.6) is 0 Å². The molecular weight excluding hydrogens is 237 g/mol. The van der Waals surface area contributed by atoms with E-state index < -0.39 is 17.9 Å². The molecule has 2 unspecified atom stereocenters. The fraction of sp³-hybridized carbons (Fsp3) is 0.462. The zero-order chi connectivity index (χ0) is 13.3. The Hall–Kier alpha value is -1.62. The van der Waals surface area contributed by atoms with Crippen molar-refractivity contribution in [1.82, 2.24) is 0 Å². The minimum Gasteiger partial charge on any atom is -0.478 e. The number of β-amino-alcohol motifs (C(OH)–C–C–N with tert-alkyl or cyclic N) is 1. The van der Waals surface area contributed by atoms with Gasteiger partial charge in [-0.3, -0.25) is 0 Å². The summed E-state index contributed by atoms with van der Waals surface area (Å²) in [5, 5.41) is 18.9. The van der Waals surface area contributed by atoms with E-state index in [1.54, 1.807) is 4.90 Å². The van der Waals surface area contributed by atoms with Crippen molar-refractivity contribution >= 4 is 11.7 Å². The lowest BCUT2D eigenvalue weighted by atomic mass is 9.95. The molecule has 0 aliphatic carbocycles. The summed E-state index contributed by atoms with van der Waals surface area (Å²) in [6.07, 6.45) is 0.161. The first-order valence-corrected chi connectivity index (χ1v) is 5.95. The molecule has 0 saturated carbocycles. The van der Waals surface area contributed by atoms with E-state index in [9.17, 15) is 14.3 Å². The van der Waals surface area contributed by atoms with Crippen LogP contribution in [-0.4, -0.2) is 35.4 Å². The lowest BCUT2D eigenvalue weighted by molar-refractivity contribution is 0.0695. The number of carbonyl (C=O) groups is 1. The molecule has 4 nitrogen and oxygen atoms in total. The van der Waals surface area contributed by atoms with Crippen LogP contribution >= 0.6 is 0 Å². The Kier molecular flexibility index (Phi) is 3.52. The molecule has 0 aromatic heterocycles. The number of hydrogen-bond acceptors (Lipinski definition) is 3. The van der Waals surface area contributed by atoms with Crippen LogP contribution in [0, 0.1) is 11.7 Å². The first-order valence-electron chi connectivity index (χ1n) is 5.95. The van der Waals surface area contributed by atoms with Gasteiger partial charge in [0.05, 0.1) is 17.4 Å². The molecule has 98 valence electrons. The number of para-hydroxylation sites is 1. The van der Waals surface area contributed by atoms with Gasteiger partial charge in [0.1, 0.15) is 5.82 Å². The third-order valence-electron chi connectivity index (χ3n) is 3.45. The van der Waals surface area contributed by atoms with E-state index in [0.717, 1.165) is 0 Å². The van der Waals surface area contributed by atoms with Crippen molar-refractivity contribution in [2.45, 2.75) is 19.4 Å². The monoisotopic (exact) mass is 253 g/mol. The van der Waals surface area contributed by atoms with Crippen LogP contribution in [0.15, 0.2) is 18.2 Å². The number of carboxylic acid groups (broad SMARTS) is 1. The van der Waals surface area contributed by atoms with Crippen LogP contribution < -0.4 is 4.90 Å². The first kappa shape index (κ1) is 12.8. The van der Waals surface area contributed by atoms with Crippen molar-refractivity contribution in [2.24, 2.45) is 5.92 Å². The third kappa shape index (κ3) is 2.31. The number of carboxylic acids is 1. The summed E-state index contributed by atoms with van der Waals surface area (Å²) in [7, 11) is 0. The van der Waals surface area contributed by atoms with Crippen molar-refractivity contribution in [1.29, 1.82) is 0 Å². The number of hydrogen-bond donors (Lipinski definition) is 2. The second kappa shape index (κ2) is 4.94. The number of aliphatic hydroxyl groups excluding tert-OH is 1. The molecule has 1 aromatic carbocycles. The van der Waals surface area contributed by atoms with Crippen LogP contribution in [0.1, 0.15) is 23.7 Å². The Bertz CT molecular complexity index is 464. The van der Waals surface area contributed by atoms with Crippen LogP contribution in [0.4, 0.5) is 10.1 Å². The summed E-state index contributed by atoms with van der Waals surface area (Å²) in [6, 6.07) is 4.00. The zero-order valence-corrected chi connectivity index (χ0v) is 10.1. The number of piperidine rings is 1. The van der Waals surface area contributed by atoms with E-state index in [1.165, 1.54) is 18.2 Å². The van der Waals surface area contributed by atoms with E-state index in [1.807, 2.05) is 6.92 Å². The maximum absolute atomic E-state index is 13.8. The molecule has 2 atom stereocenters. The zero-order valence-electron chi connectivity index (χ0n) is 10.1. The summed E-state index contributed by atoms with van der Waals surface area (Å²) in [4.78, 5) is 12.7. The highest BCUT2D eigenvalue weighted by Gasteiger charge is 2.28. The summed E-state index contributed by atoms with van der Waals surface area (Å²) in [5.41, 5.74) is 0.0210. The average Bonchev–Trinajstić information content (AvgIpc) is 2.32. The van der Waals surface area contributed by atoms with Crippen molar-refractivity contribution in [3.8, 4) is 0 Å². The van der Waals surface area contributed by atoms with E-state index in [0.29, 0.717) is 13.0 Å². The molecule has 1 heterocycles. The smallest absolute Gasteiger partial charge is 0.337 e. The number of benzene rings is 1. The fourth-order valence-corrected chi connectivity index (χ4v) is 2.26. The van der Waals surface area contributed by atoms with Gasteiger partial charge in [-0.25, -0.2) is 9.18 Å². The van der Waals surface area contributed by atoms with Gasteiger partial charge in [-0.15, -0.1) is 0 Å². The fourth-order valence-electron chi connectivity index (χ4n) is 2.26. The minimum atomic E-state index is -1.15. The SMILES string of the molecule is CC1CCN(c2c(F)cccc2C(=O)O)CC1O. The number of aromatic carboxylic acids is 1. The first-order chi connectivity index (χ1) is 8.50. The topological polar surface area (TPSA) is 60.8 Å². The molecule has 1 saturated heterocycles. The number of rotatable bonds is 2. The molecule has 2 N–H and O–H groups in total. The van der Waals surface area contributed by atoms with Gasteiger partial charge in [-0.05, 0) is 24.5 Å². The molecule has 1 fully saturated rings. The molecule has 1 aromatic rings. The predicted molar refractivity (Wildman–Crippen MR) is 65.4 cm³/mol. The van der Waals surface area contributed by atoms with E-state index in [2.05, 4.69) is 0 Å². The highest BCUT2D eigenvalue weighted by atomic mass is 19.1. The van der Waals surface area contributed by atoms with E-state index >= 15 is 0 Å². The van der Waals surface area contributed by atoms with Crippen LogP contribution in [-0.2, 0) is 0 Å². The molecule has 1 aliphatic rings. The normalized spacial score (nSPS) is 24.1. The van der Waals surface area contributed by atoms with Gasteiger partial charge in [-0.2, -0.15) is 0 Å². The van der Waals surface area contributed by atoms with Gasteiger partial charge >= 0.3 is 5.97 Å². The Morgan fingerprint density at radius 1 is 1.50 bits per heavy atom. The molecule has 5 heteroatoms. The highest BCUT2D eigenvalue weighted by Crippen LogP contribution is 2.29. The molecule has 0 amide bonds. The van der Waals surface area contributed by atoms with Gasteiger partial charge in [0.2, 0.25) is 0 Å².